The second-order valence-corrected chi connectivity index (χ2v) is 7.15. The van der Waals surface area contributed by atoms with E-state index in [-0.39, 0.29) is 24.8 Å². The molecule has 1 aromatic carbocycles. The highest BCUT2D eigenvalue weighted by Gasteiger charge is 2.24. The molecule has 0 spiro atoms. The van der Waals surface area contributed by atoms with Gasteiger partial charge >= 0.3 is 0 Å². The number of carbonyl (C=O) groups excluding carboxylic acids is 1. The van der Waals surface area contributed by atoms with Gasteiger partial charge in [0.25, 0.3) is 0 Å². The fourth-order valence-corrected chi connectivity index (χ4v) is 2.64. The number of hydrogen-bond acceptors (Lipinski definition) is 6. The molecule has 0 heterocycles. The van der Waals surface area contributed by atoms with Crippen LogP contribution in [0.2, 0.25) is 0 Å². The molecule has 11 nitrogen and oxygen atoms in total. The van der Waals surface area contributed by atoms with Crippen LogP contribution in [0, 0.1) is 16.0 Å². The normalized spacial score (nSPS) is 12.9. The van der Waals surface area contributed by atoms with Crippen molar-refractivity contribution in [3.05, 3.63) is 46.0 Å². The Morgan fingerprint density at radius 1 is 1.30 bits per heavy atom. The van der Waals surface area contributed by atoms with E-state index in [1.54, 1.807) is 0 Å². The first-order valence-electron chi connectivity index (χ1n) is 9.73. The maximum atomic E-state index is 12.6. The molecule has 1 aromatic rings. The summed E-state index contributed by atoms with van der Waals surface area (Å²) in [6.07, 6.45) is 2.70. The van der Waals surface area contributed by atoms with Gasteiger partial charge < -0.3 is 21.6 Å². The monoisotopic (exact) mass is 421 g/mol. The number of nitrogens with two attached hydrogens (primary N) is 2. The summed E-state index contributed by atoms with van der Waals surface area (Å²) in [5, 5.41) is 16.9. The first-order valence-corrected chi connectivity index (χ1v) is 9.73. The van der Waals surface area contributed by atoms with Crippen LogP contribution in [0.5, 0.6) is 0 Å². The highest BCUT2D eigenvalue weighted by molar-refractivity contribution is 5.84. The van der Waals surface area contributed by atoms with Crippen molar-refractivity contribution in [1.82, 2.24) is 10.7 Å². The van der Waals surface area contributed by atoms with Gasteiger partial charge in [-0.05, 0) is 30.7 Å². The van der Waals surface area contributed by atoms with Gasteiger partial charge in [0.1, 0.15) is 6.61 Å². The van der Waals surface area contributed by atoms with Gasteiger partial charge in [-0.2, -0.15) is 0 Å². The van der Waals surface area contributed by atoms with Crippen LogP contribution in [0.25, 0.3) is 0 Å². The molecule has 0 aromatic heterocycles. The molecule has 0 aliphatic rings. The summed E-state index contributed by atoms with van der Waals surface area (Å²) in [5.74, 6) is -0.307. The minimum atomic E-state index is -1.03. The predicted molar refractivity (Wildman–Crippen MR) is 115 cm³/mol. The molecule has 11 heteroatoms. The summed E-state index contributed by atoms with van der Waals surface area (Å²) in [7, 11) is 0. The van der Waals surface area contributed by atoms with Crippen molar-refractivity contribution in [3.63, 3.8) is 0 Å². The van der Waals surface area contributed by atoms with Crippen molar-refractivity contribution in [2.75, 3.05) is 6.54 Å². The number of rotatable bonds is 14. The third-order valence-corrected chi connectivity index (χ3v) is 3.97. The van der Waals surface area contributed by atoms with E-state index in [1.807, 2.05) is 49.6 Å². The SMILES string of the molecule is CC(C)C[C@@H](C=NOCc1ccccc1)NC(=O)[C@H](CCCN=C(N)N)N[N+](=O)[O-]. The van der Waals surface area contributed by atoms with Gasteiger partial charge in [-0.25, -0.2) is 10.1 Å². The molecule has 166 valence electrons. The number of guanidine groups is 1. The Labute approximate surface area is 176 Å². The van der Waals surface area contributed by atoms with Crippen molar-refractivity contribution in [2.45, 2.75) is 51.8 Å². The summed E-state index contributed by atoms with van der Waals surface area (Å²) in [6, 6.07) is 8.09. The molecular formula is C19H31N7O4. The molecule has 6 N–H and O–H groups in total. The lowest BCUT2D eigenvalue weighted by Crippen LogP contribution is -2.50. The van der Waals surface area contributed by atoms with Crippen LogP contribution in [0.1, 0.15) is 38.7 Å². The van der Waals surface area contributed by atoms with E-state index in [4.69, 9.17) is 16.3 Å². The second-order valence-electron chi connectivity index (χ2n) is 7.15. The number of carbonyl (C=O) groups is 1. The lowest BCUT2D eigenvalue weighted by Gasteiger charge is -2.19. The van der Waals surface area contributed by atoms with Crippen LogP contribution in [0.3, 0.4) is 0 Å². The summed E-state index contributed by atoms with van der Waals surface area (Å²) < 4.78 is 0. The van der Waals surface area contributed by atoms with E-state index in [2.05, 4.69) is 15.5 Å². The number of amides is 1. The average Bonchev–Trinajstić information content (AvgIpc) is 2.67. The Bertz CT molecular complexity index is 706. The number of nitrogens with one attached hydrogen (secondary N) is 2. The van der Waals surface area contributed by atoms with E-state index in [0.29, 0.717) is 19.4 Å². The highest BCUT2D eigenvalue weighted by Crippen LogP contribution is 2.06. The highest BCUT2D eigenvalue weighted by atomic mass is 16.7. The van der Waals surface area contributed by atoms with Crippen LogP contribution in [0.15, 0.2) is 40.5 Å². The Balaban J connectivity index is 2.66. The zero-order valence-corrected chi connectivity index (χ0v) is 17.4. The predicted octanol–water partition coefficient (Wildman–Crippen LogP) is 0.923. The first kappa shape index (κ1) is 24.7. The maximum absolute atomic E-state index is 12.6. The van der Waals surface area contributed by atoms with E-state index >= 15 is 0 Å². The molecular weight excluding hydrogens is 390 g/mol. The Morgan fingerprint density at radius 3 is 2.60 bits per heavy atom. The van der Waals surface area contributed by atoms with Gasteiger partial charge in [-0.1, -0.05) is 49.3 Å². The van der Waals surface area contributed by atoms with E-state index in [0.717, 1.165) is 5.56 Å². The largest absolute Gasteiger partial charge is 0.391 e. The number of hydrazine groups is 1. The van der Waals surface area contributed by atoms with Crippen LogP contribution < -0.4 is 22.2 Å². The zero-order valence-electron chi connectivity index (χ0n) is 17.4. The summed E-state index contributed by atoms with van der Waals surface area (Å²) >= 11 is 0. The number of oxime groups is 1. The Kier molecular flexibility index (Phi) is 11.3. The number of benzene rings is 1. The Morgan fingerprint density at radius 2 is 2.00 bits per heavy atom. The van der Waals surface area contributed by atoms with Crippen molar-refractivity contribution in [2.24, 2.45) is 27.5 Å². The third-order valence-electron chi connectivity index (χ3n) is 3.97. The number of hydrogen-bond donors (Lipinski definition) is 4. The average molecular weight is 422 g/mol. The Hall–Kier alpha value is -3.37. The zero-order chi connectivity index (χ0) is 22.4. The van der Waals surface area contributed by atoms with Crippen molar-refractivity contribution < 1.29 is 14.7 Å². The number of nitrogens with zero attached hydrogens (tertiary/aromatic N) is 3. The van der Waals surface area contributed by atoms with Crippen molar-refractivity contribution >= 4 is 18.1 Å². The molecule has 0 aliphatic carbocycles. The molecule has 0 aliphatic heterocycles. The standard InChI is InChI=1S/C19H31N7O4/c1-14(2)11-16(12-23-30-13-15-7-4-3-5-8-15)24-18(27)17(25-26(28)29)9-6-10-22-19(20)21/h3-5,7-8,12,14,16-17,25H,6,9-11,13H2,1-2H3,(H,24,27)(H4,20,21,22)/t16-,17-/m0/s1. The second kappa shape index (κ2) is 13.7. The summed E-state index contributed by atoms with van der Waals surface area (Å²) in [4.78, 5) is 32.6. The molecule has 0 saturated heterocycles. The maximum Gasteiger partial charge on any atom is 0.248 e. The first-order chi connectivity index (χ1) is 14.3. The van der Waals surface area contributed by atoms with Crippen molar-refractivity contribution in [1.29, 1.82) is 0 Å². The van der Waals surface area contributed by atoms with Gasteiger partial charge in [0.15, 0.2) is 17.0 Å². The smallest absolute Gasteiger partial charge is 0.248 e. The molecule has 0 saturated carbocycles. The fourth-order valence-electron chi connectivity index (χ4n) is 2.64. The van der Waals surface area contributed by atoms with Gasteiger partial charge in [0.2, 0.25) is 5.91 Å². The quantitative estimate of drug-likeness (QED) is 0.114. The van der Waals surface area contributed by atoms with Gasteiger partial charge in [0.05, 0.1) is 12.3 Å². The summed E-state index contributed by atoms with van der Waals surface area (Å²) in [6.45, 7) is 4.57. The van der Waals surface area contributed by atoms with Crippen LogP contribution in [-0.2, 0) is 16.2 Å². The molecule has 30 heavy (non-hydrogen) atoms. The molecule has 1 amide bonds. The van der Waals surface area contributed by atoms with Gasteiger partial charge in [-0.15, -0.1) is 5.43 Å². The molecule has 0 bridgehead atoms. The molecule has 0 fully saturated rings. The molecule has 0 radical (unpaired) electrons. The summed E-state index contributed by atoms with van der Waals surface area (Å²) in [5.41, 5.74) is 13.5. The topological polar surface area (TPSA) is 170 Å². The molecule has 0 unspecified atom stereocenters. The third kappa shape index (κ3) is 11.5. The number of nitro groups is 1. The minimum absolute atomic E-state index is 0.0676. The van der Waals surface area contributed by atoms with Crippen LogP contribution in [-0.4, -0.2) is 41.7 Å². The minimum Gasteiger partial charge on any atom is -0.391 e. The molecule has 2 atom stereocenters. The van der Waals surface area contributed by atoms with Gasteiger partial charge in [-0.3, -0.25) is 9.79 Å². The van der Waals surface area contributed by atoms with E-state index in [1.165, 1.54) is 6.21 Å². The van der Waals surface area contributed by atoms with Crippen LogP contribution >= 0.6 is 0 Å². The van der Waals surface area contributed by atoms with Gasteiger partial charge in [0, 0.05) is 6.54 Å². The van der Waals surface area contributed by atoms with Crippen LogP contribution in [0.4, 0.5) is 0 Å². The molecule has 1 rings (SSSR count). The van der Waals surface area contributed by atoms with Crippen molar-refractivity contribution in [3.8, 4) is 0 Å². The van der Waals surface area contributed by atoms with E-state index in [9.17, 15) is 14.9 Å². The fraction of sp³-hybridized carbons (Fsp3) is 0.526. The lowest BCUT2D eigenvalue weighted by atomic mass is 10.0. The number of aliphatic imine (C=N–C) groups is 1. The van der Waals surface area contributed by atoms with E-state index < -0.39 is 23.0 Å². The lowest BCUT2D eigenvalue weighted by molar-refractivity contribution is -0.548.